The number of nitrogens with one attached hydrogen (secondary N) is 1. The summed E-state index contributed by atoms with van der Waals surface area (Å²) in [6.45, 7) is 7.77. The van der Waals surface area contributed by atoms with Crippen molar-refractivity contribution in [3.63, 3.8) is 0 Å². The lowest BCUT2D eigenvalue weighted by atomic mass is 10.3. The van der Waals surface area contributed by atoms with E-state index >= 15 is 0 Å². The van der Waals surface area contributed by atoms with Gasteiger partial charge in [-0.2, -0.15) is 0 Å². The predicted octanol–water partition coefficient (Wildman–Crippen LogP) is 3.22. The minimum absolute atomic E-state index is 0.108. The quantitative estimate of drug-likeness (QED) is 0.835. The molecule has 1 unspecified atom stereocenters. The topological polar surface area (TPSA) is 61.6 Å². The molecule has 0 saturated carbocycles. The molecule has 0 aliphatic heterocycles. The maximum absolute atomic E-state index is 12.2. The fourth-order valence-corrected chi connectivity index (χ4v) is 3.08. The lowest BCUT2D eigenvalue weighted by Crippen LogP contribution is -2.40. The molecule has 0 spiro atoms. The van der Waals surface area contributed by atoms with Crippen molar-refractivity contribution in [3.05, 3.63) is 28.6 Å². The van der Waals surface area contributed by atoms with E-state index in [0.717, 1.165) is 21.6 Å². The second-order valence-electron chi connectivity index (χ2n) is 5.85. The van der Waals surface area contributed by atoms with E-state index in [1.165, 1.54) is 0 Å². The molecule has 0 aliphatic carbocycles. The Bertz CT molecular complexity index is 639. The van der Waals surface area contributed by atoms with Crippen molar-refractivity contribution < 1.29 is 9.29 Å². The minimum atomic E-state index is -1.14. The monoisotopic (exact) mass is 373 g/mol. The summed E-state index contributed by atoms with van der Waals surface area (Å²) in [5.74, 6) is 0.747. The van der Waals surface area contributed by atoms with Gasteiger partial charge in [-0.1, -0.05) is 0 Å². The van der Waals surface area contributed by atoms with Crippen LogP contribution in [0.3, 0.4) is 0 Å². The Balaban J connectivity index is 2.28. The van der Waals surface area contributed by atoms with Crippen molar-refractivity contribution in [1.29, 1.82) is 0 Å². The van der Waals surface area contributed by atoms with Crippen molar-refractivity contribution in [3.8, 4) is 5.75 Å². The third-order valence-corrected chi connectivity index (χ3v) is 5.28. The number of imidazole rings is 1. The van der Waals surface area contributed by atoms with Crippen molar-refractivity contribution in [2.24, 2.45) is 0 Å². The number of methoxy groups -OCH3 is 1. The molecule has 0 aliphatic rings. The number of pyridine rings is 1. The van der Waals surface area contributed by atoms with Crippen molar-refractivity contribution >= 4 is 32.9 Å². The highest BCUT2D eigenvalue weighted by Gasteiger charge is 2.29. The summed E-state index contributed by atoms with van der Waals surface area (Å²) in [5, 5.41) is 0. The molecule has 0 bridgehead atoms. The summed E-state index contributed by atoms with van der Waals surface area (Å²) in [4.78, 5) is 4.59. The Morgan fingerprint density at radius 3 is 2.67 bits per heavy atom. The van der Waals surface area contributed by atoms with E-state index in [-0.39, 0.29) is 10.8 Å². The molecular formula is C14H20BrN3O2S. The van der Waals surface area contributed by atoms with Crippen LogP contribution in [0.5, 0.6) is 5.75 Å². The molecule has 0 amide bonds. The Labute approximate surface area is 136 Å². The maximum Gasteiger partial charge on any atom is 0.151 e. The largest absolute Gasteiger partial charge is 0.598 e. The summed E-state index contributed by atoms with van der Waals surface area (Å²) in [6, 6.07) is 1.76. The minimum Gasteiger partial charge on any atom is -0.598 e. The normalized spacial score (nSPS) is 15.2. The molecule has 2 rings (SSSR count). The van der Waals surface area contributed by atoms with Crippen molar-refractivity contribution in [2.75, 3.05) is 7.11 Å². The van der Waals surface area contributed by atoms with Gasteiger partial charge in [-0.3, -0.25) is 0 Å². The van der Waals surface area contributed by atoms with Crippen LogP contribution in [0.4, 0.5) is 0 Å². The summed E-state index contributed by atoms with van der Waals surface area (Å²) in [5.41, 5.74) is 1.64. The van der Waals surface area contributed by atoms with Gasteiger partial charge in [0.1, 0.15) is 10.5 Å². The Hall–Kier alpha value is -0.760. The zero-order valence-corrected chi connectivity index (χ0v) is 15.2. The Morgan fingerprint density at radius 1 is 1.43 bits per heavy atom. The first-order valence-corrected chi connectivity index (χ1v) is 8.57. The maximum atomic E-state index is 12.2. The van der Waals surface area contributed by atoms with E-state index in [1.54, 1.807) is 7.11 Å². The third kappa shape index (κ3) is 3.71. The molecule has 0 radical (unpaired) electrons. The van der Waals surface area contributed by atoms with Crippen molar-refractivity contribution in [1.82, 2.24) is 14.1 Å². The van der Waals surface area contributed by atoms with Crippen LogP contribution < -0.4 is 9.46 Å². The SMILES string of the molecule is COc1cc(Br)c2nc(C(C)N[S@+]([O-])C(C)(C)C)cn2c1. The molecule has 1 N–H and O–H groups in total. The number of nitrogens with zero attached hydrogens (tertiary/aromatic N) is 2. The number of fused-ring (bicyclic) bond motifs is 1. The molecule has 7 heteroatoms. The first-order valence-electron chi connectivity index (χ1n) is 6.62. The molecule has 2 aromatic heterocycles. The Morgan fingerprint density at radius 2 is 2.10 bits per heavy atom. The second kappa shape index (κ2) is 6.16. The van der Waals surface area contributed by atoms with Gasteiger partial charge in [0.2, 0.25) is 0 Å². The van der Waals surface area contributed by atoms with Crippen LogP contribution in [0, 0.1) is 0 Å². The van der Waals surface area contributed by atoms with Gasteiger partial charge >= 0.3 is 0 Å². The van der Waals surface area contributed by atoms with Crippen LogP contribution in [0.15, 0.2) is 22.9 Å². The number of hydrogen-bond donors (Lipinski definition) is 1. The van der Waals surface area contributed by atoms with Crippen LogP contribution in [0.1, 0.15) is 39.4 Å². The van der Waals surface area contributed by atoms with Gasteiger partial charge in [0.05, 0.1) is 29.5 Å². The van der Waals surface area contributed by atoms with Crippen molar-refractivity contribution in [2.45, 2.75) is 38.5 Å². The van der Waals surface area contributed by atoms with Crippen LogP contribution >= 0.6 is 15.9 Å². The van der Waals surface area contributed by atoms with Crippen LogP contribution in [0.2, 0.25) is 0 Å². The van der Waals surface area contributed by atoms with Gasteiger partial charge in [0.15, 0.2) is 5.65 Å². The molecule has 0 saturated heterocycles. The molecule has 2 aromatic rings. The van der Waals surface area contributed by atoms with Crippen LogP contribution in [-0.2, 0) is 11.4 Å². The number of aromatic nitrogens is 2. The number of ether oxygens (including phenoxy) is 1. The summed E-state index contributed by atoms with van der Waals surface area (Å²) in [7, 11) is 1.63. The van der Waals surface area contributed by atoms with Crippen LogP contribution in [-0.4, -0.2) is 25.8 Å². The highest BCUT2D eigenvalue weighted by Crippen LogP contribution is 2.26. The molecule has 2 atom stereocenters. The van der Waals surface area contributed by atoms with Gasteiger partial charge in [-0.15, -0.1) is 4.72 Å². The van der Waals surface area contributed by atoms with Gasteiger partial charge in [0.25, 0.3) is 0 Å². The Kier molecular flexibility index (Phi) is 4.87. The van der Waals surface area contributed by atoms with Gasteiger partial charge < -0.3 is 13.7 Å². The molecule has 5 nitrogen and oxygen atoms in total. The fraction of sp³-hybridized carbons (Fsp3) is 0.500. The average Bonchev–Trinajstić information content (AvgIpc) is 2.81. The first-order chi connectivity index (χ1) is 9.72. The van der Waals surface area contributed by atoms with E-state index in [0.29, 0.717) is 0 Å². The van der Waals surface area contributed by atoms with Gasteiger partial charge in [-0.05, 0) is 49.7 Å². The average molecular weight is 374 g/mol. The van der Waals surface area contributed by atoms with E-state index in [9.17, 15) is 4.55 Å². The molecule has 0 aromatic carbocycles. The van der Waals surface area contributed by atoms with Gasteiger partial charge in [-0.25, -0.2) is 4.98 Å². The lowest BCUT2D eigenvalue weighted by Gasteiger charge is -2.25. The second-order valence-corrected chi connectivity index (χ2v) is 8.70. The summed E-state index contributed by atoms with van der Waals surface area (Å²) >= 11 is 2.35. The van der Waals surface area contributed by atoms with E-state index in [1.807, 2.05) is 50.6 Å². The molecule has 2 heterocycles. The number of hydrogen-bond acceptors (Lipinski definition) is 4. The first kappa shape index (κ1) is 16.6. The molecular weight excluding hydrogens is 354 g/mol. The van der Waals surface area contributed by atoms with Crippen LogP contribution in [0.25, 0.3) is 5.65 Å². The highest BCUT2D eigenvalue weighted by atomic mass is 79.9. The summed E-state index contributed by atoms with van der Waals surface area (Å²) in [6.07, 6.45) is 3.78. The fourth-order valence-electron chi connectivity index (χ4n) is 1.77. The number of halogens is 1. The summed E-state index contributed by atoms with van der Waals surface area (Å²) < 4.78 is 23.0. The zero-order chi connectivity index (χ0) is 15.8. The molecule has 0 fully saturated rings. The van der Waals surface area contributed by atoms with E-state index in [2.05, 4.69) is 25.6 Å². The standard InChI is InChI=1S/C14H20BrN3O2S/c1-9(17-21(19)14(2,3)4)12-8-18-7-10(20-5)6-11(15)13(18)16-12/h6-9,17H,1-5H3/t9?,21-/m1/s1. The van der Waals surface area contributed by atoms with E-state index in [4.69, 9.17) is 4.74 Å². The predicted molar refractivity (Wildman–Crippen MR) is 88.9 cm³/mol. The van der Waals surface area contributed by atoms with E-state index < -0.39 is 11.4 Å². The third-order valence-electron chi connectivity index (χ3n) is 3.02. The lowest BCUT2D eigenvalue weighted by molar-refractivity contribution is 0.412. The number of rotatable bonds is 4. The smallest absolute Gasteiger partial charge is 0.151 e. The van der Waals surface area contributed by atoms with Gasteiger partial charge in [0, 0.05) is 17.6 Å². The zero-order valence-electron chi connectivity index (χ0n) is 12.8. The molecule has 116 valence electrons. The molecule has 21 heavy (non-hydrogen) atoms. The highest BCUT2D eigenvalue weighted by molar-refractivity contribution is 9.10.